The first-order chi connectivity index (χ1) is 1.73. The molecule has 5 heteroatoms. The summed E-state index contributed by atoms with van der Waals surface area (Å²) in [5.41, 5.74) is 0. The molecule has 0 fully saturated rings. The molecular weight excluding hydrogens is 174 g/mol. The molecule has 0 amide bonds. The smallest absolute Gasteiger partial charge is 0.450 e. The van der Waals surface area contributed by atoms with E-state index in [1.54, 1.807) is 0 Å². The molecule has 2 radical (unpaired) electrons. The normalized spacial score (nSPS) is 4.00. The van der Waals surface area contributed by atoms with Gasteiger partial charge in [0.05, 0.1) is 0 Å². The SMILES string of the molecule is O=C(O)O.[Co].[Mn]. The van der Waals surface area contributed by atoms with Gasteiger partial charge in [0.25, 0.3) is 0 Å². The van der Waals surface area contributed by atoms with Crippen molar-refractivity contribution in [3.63, 3.8) is 0 Å². The van der Waals surface area contributed by atoms with Crippen molar-refractivity contribution >= 4 is 6.16 Å². The molecule has 0 rings (SSSR count). The fourth-order valence-corrected chi connectivity index (χ4v) is 0. The maximum Gasteiger partial charge on any atom is 0.503 e. The topological polar surface area (TPSA) is 57.5 Å². The molecule has 0 saturated carbocycles. The van der Waals surface area contributed by atoms with E-state index in [1.807, 2.05) is 0 Å². The molecule has 0 spiro atoms. The first-order valence-corrected chi connectivity index (χ1v) is 0.651. The number of carbonyl (C=O) groups is 1. The molecule has 0 bridgehead atoms. The van der Waals surface area contributed by atoms with E-state index in [-0.39, 0.29) is 33.8 Å². The van der Waals surface area contributed by atoms with E-state index in [0.717, 1.165) is 0 Å². The maximum atomic E-state index is 8.56. The molecule has 0 aliphatic carbocycles. The molecule has 0 saturated heterocycles. The summed E-state index contributed by atoms with van der Waals surface area (Å²) < 4.78 is 0. The van der Waals surface area contributed by atoms with Gasteiger partial charge in [0.1, 0.15) is 0 Å². The van der Waals surface area contributed by atoms with Crippen LogP contribution < -0.4 is 0 Å². The van der Waals surface area contributed by atoms with Gasteiger partial charge in [-0.2, -0.15) is 0 Å². The molecule has 40 valence electrons. The van der Waals surface area contributed by atoms with Crippen molar-refractivity contribution in [2.75, 3.05) is 0 Å². The van der Waals surface area contributed by atoms with Crippen LogP contribution in [0.4, 0.5) is 4.79 Å². The molecule has 0 aromatic rings. The third-order valence-electron chi connectivity index (χ3n) is 0. The molecule has 6 heavy (non-hydrogen) atoms. The standard InChI is InChI=1S/CH2O3.Co.Mn/c2-1(3)4;;/h(H2,2,3,4);;. The summed E-state index contributed by atoms with van der Waals surface area (Å²) in [5.74, 6) is 0. The van der Waals surface area contributed by atoms with Crippen LogP contribution in [0.5, 0.6) is 0 Å². The van der Waals surface area contributed by atoms with Gasteiger partial charge in [0, 0.05) is 33.8 Å². The van der Waals surface area contributed by atoms with Crippen LogP contribution in [0.2, 0.25) is 0 Å². The summed E-state index contributed by atoms with van der Waals surface area (Å²) in [6.07, 6.45) is -1.83. The second-order valence-corrected chi connectivity index (χ2v) is 0.283. The molecule has 0 aromatic carbocycles. The minimum Gasteiger partial charge on any atom is -0.450 e. The molecule has 3 nitrogen and oxygen atoms in total. The molecule has 0 heterocycles. The van der Waals surface area contributed by atoms with E-state index in [0.29, 0.717) is 0 Å². The molecule has 2 N–H and O–H groups in total. The summed E-state index contributed by atoms with van der Waals surface area (Å²) in [7, 11) is 0. The molecule has 0 aliphatic heterocycles. The van der Waals surface area contributed by atoms with Crippen molar-refractivity contribution in [1.29, 1.82) is 0 Å². The molecule has 0 unspecified atom stereocenters. The molecular formula is CH2CoMnO3. The van der Waals surface area contributed by atoms with Gasteiger partial charge in [0.15, 0.2) is 0 Å². The summed E-state index contributed by atoms with van der Waals surface area (Å²) in [5, 5.41) is 13.9. The fraction of sp³-hybridized carbons (Fsp3) is 0. The van der Waals surface area contributed by atoms with Crippen LogP contribution >= 0.6 is 0 Å². The third-order valence-corrected chi connectivity index (χ3v) is 0. The van der Waals surface area contributed by atoms with Crippen LogP contribution in [0, 0.1) is 0 Å². The predicted octanol–water partition coefficient (Wildman–Crippen LogP) is 0.217. The van der Waals surface area contributed by atoms with E-state index < -0.39 is 6.16 Å². The zero-order valence-electron chi connectivity index (χ0n) is 2.51. The third kappa shape index (κ3) is 533. The summed E-state index contributed by atoms with van der Waals surface area (Å²) >= 11 is 0. The van der Waals surface area contributed by atoms with Gasteiger partial charge in [-0.1, -0.05) is 0 Å². The monoisotopic (exact) mass is 176 g/mol. The van der Waals surface area contributed by atoms with Crippen molar-refractivity contribution in [2.45, 2.75) is 0 Å². The Kier molecular flexibility index (Phi) is 24.4. The van der Waals surface area contributed by atoms with Gasteiger partial charge in [0.2, 0.25) is 0 Å². The number of hydrogen-bond donors (Lipinski definition) is 2. The Hall–Kier alpha value is 0.296. The summed E-state index contributed by atoms with van der Waals surface area (Å²) in [4.78, 5) is 8.56. The largest absolute Gasteiger partial charge is 0.503 e. The summed E-state index contributed by atoms with van der Waals surface area (Å²) in [6.45, 7) is 0. The van der Waals surface area contributed by atoms with E-state index >= 15 is 0 Å². The van der Waals surface area contributed by atoms with Crippen molar-refractivity contribution in [1.82, 2.24) is 0 Å². The van der Waals surface area contributed by atoms with Crippen molar-refractivity contribution in [3.8, 4) is 0 Å². The Bertz CT molecular complexity index is 33.8. The Balaban J connectivity index is -0.0000000450. The Morgan fingerprint density at radius 1 is 1.33 bits per heavy atom. The van der Waals surface area contributed by atoms with Gasteiger partial charge in [-0.25, -0.2) is 4.79 Å². The predicted molar refractivity (Wildman–Crippen MR) is 10.7 cm³/mol. The minimum atomic E-state index is -1.83. The zero-order valence-corrected chi connectivity index (χ0v) is 4.74. The van der Waals surface area contributed by atoms with Crippen LogP contribution in [0.3, 0.4) is 0 Å². The van der Waals surface area contributed by atoms with Gasteiger partial charge in [-0.05, 0) is 0 Å². The van der Waals surface area contributed by atoms with Gasteiger partial charge in [-0.15, -0.1) is 0 Å². The average molecular weight is 176 g/mol. The van der Waals surface area contributed by atoms with E-state index in [1.165, 1.54) is 0 Å². The van der Waals surface area contributed by atoms with Gasteiger partial charge < -0.3 is 10.2 Å². The van der Waals surface area contributed by atoms with Gasteiger partial charge >= 0.3 is 6.16 Å². The van der Waals surface area contributed by atoms with Crippen LogP contribution in [-0.4, -0.2) is 16.4 Å². The quantitative estimate of drug-likeness (QED) is 0.518. The van der Waals surface area contributed by atoms with Crippen LogP contribution in [0.15, 0.2) is 0 Å². The number of rotatable bonds is 0. The van der Waals surface area contributed by atoms with Crippen LogP contribution in [-0.2, 0) is 33.8 Å². The average Bonchev–Trinajstić information content (AvgIpc) is 0.811. The zero-order chi connectivity index (χ0) is 3.58. The minimum absolute atomic E-state index is 0. The molecule has 0 atom stereocenters. The molecule has 0 aliphatic rings. The van der Waals surface area contributed by atoms with E-state index in [2.05, 4.69) is 0 Å². The second kappa shape index (κ2) is 9.00. The maximum absolute atomic E-state index is 8.56. The Morgan fingerprint density at radius 3 is 1.33 bits per heavy atom. The van der Waals surface area contributed by atoms with Crippen molar-refractivity contribution in [2.24, 2.45) is 0 Å². The first kappa shape index (κ1) is 16.3. The fourth-order valence-electron chi connectivity index (χ4n) is 0. The van der Waals surface area contributed by atoms with E-state index in [4.69, 9.17) is 15.0 Å². The van der Waals surface area contributed by atoms with Crippen molar-refractivity contribution < 1.29 is 48.9 Å². The number of carboxylic acid groups (broad SMARTS) is 2. The first-order valence-electron chi connectivity index (χ1n) is 0.651. The van der Waals surface area contributed by atoms with Gasteiger partial charge in [-0.3, -0.25) is 0 Å². The number of hydrogen-bond acceptors (Lipinski definition) is 1. The Labute approximate surface area is 55.4 Å². The van der Waals surface area contributed by atoms with Crippen LogP contribution in [0.1, 0.15) is 0 Å². The molecule has 0 aromatic heterocycles. The second-order valence-electron chi connectivity index (χ2n) is 0.283. The van der Waals surface area contributed by atoms with Crippen molar-refractivity contribution in [3.05, 3.63) is 0 Å². The van der Waals surface area contributed by atoms with Crippen LogP contribution in [0.25, 0.3) is 0 Å². The van der Waals surface area contributed by atoms with E-state index in [9.17, 15) is 0 Å². The summed E-state index contributed by atoms with van der Waals surface area (Å²) in [6, 6.07) is 0. The Morgan fingerprint density at radius 2 is 1.33 bits per heavy atom.